The fraction of sp³-hybridized carbons (Fsp3) is 0.312. The summed E-state index contributed by atoms with van der Waals surface area (Å²) in [5.41, 5.74) is 1.11. The van der Waals surface area contributed by atoms with E-state index in [4.69, 9.17) is 0 Å². The highest BCUT2D eigenvalue weighted by Crippen LogP contribution is 2.12. The standard InChI is InChI=1S/C16H19N3O2/c1-11(2)17-15(20)10-19(3)16(21)14-9-8-12-6-4-5-7-13(12)18-14/h4-9,11H,10H2,1-3H3,(H,17,20). The van der Waals surface area contributed by atoms with E-state index in [0.717, 1.165) is 10.9 Å². The van der Waals surface area contributed by atoms with E-state index in [2.05, 4.69) is 10.3 Å². The number of amides is 2. The van der Waals surface area contributed by atoms with Gasteiger partial charge in [-0.3, -0.25) is 9.59 Å². The number of carbonyl (C=O) groups is 2. The Morgan fingerprint density at radius 1 is 1.19 bits per heavy atom. The molecule has 0 aliphatic rings. The van der Waals surface area contributed by atoms with Crippen LogP contribution in [0.15, 0.2) is 36.4 Å². The second-order valence-electron chi connectivity index (χ2n) is 5.27. The highest BCUT2D eigenvalue weighted by atomic mass is 16.2. The van der Waals surface area contributed by atoms with Crippen molar-refractivity contribution in [1.82, 2.24) is 15.2 Å². The second kappa shape index (κ2) is 6.35. The van der Waals surface area contributed by atoms with Crippen LogP contribution >= 0.6 is 0 Å². The highest BCUT2D eigenvalue weighted by molar-refractivity contribution is 5.96. The van der Waals surface area contributed by atoms with Gasteiger partial charge in [0.15, 0.2) is 0 Å². The Balaban J connectivity index is 2.12. The number of pyridine rings is 1. The number of hydrogen-bond donors (Lipinski definition) is 1. The molecule has 0 atom stereocenters. The number of aromatic nitrogens is 1. The molecule has 0 aliphatic heterocycles. The van der Waals surface area contributed by atoms with Crippen molar-refractivity contribution in [2.75, 3.05) is 13.6 Å². The largest absolute Gasteiger partial charge is 0.352 e. The van der Waals surface area contributed by atoms with Crippen molar-refractivity contribution in [1.29, 1.82) is 0 Å². The molecule has 0 saturated heterocycles. The fourth-order valence-electron chi connectivity index (χ4n) is 2.04. The van der Waals surface area contributed by atoms with Gasteiger partial charge in [0.25, 0.3) is 5.91 Å². The summed E-state index contributed by atoms with van der Waals surface area (Å²) in [7, 11) is 1.60. The number of hydrogen-bond acceptors (Lipinski definition) is 3. The predicted molar refractivity (Wildman–Crippen MR) is 82.0 cm³/mol. The molecule has 0 fully saturated rings. The summed E-state index contributed by atoms with van der Waals surface area (Å²) in [5, 5.41) is 3.74. The van der Waals surface area contributed by atoms with Gasteiger partial charge in [0.05, 0.1) is 12.1 Å². The Kier molecular flexibility index (Phi) is 4.52. The summed E-state index contributed by atoms with van der Waals surface area (Å²) in [5.74, 6) is -0.443. The first-order valence-corrected chi connectivity index (χ1v) is 6.88. The first kappa shape index (κ1) is 15.0. The molecule has 5 heteroatoms. The molecule has 0 unspecified atom stereocenters. The Morgan fingerprint density at radius 3 is 2.62 bits per heavy atom. The van der Waals surface area contributed by atoms with Crippen LogP contribution in [0.25, 0.3) is 10.9 Å². The lowest BCUT2D eigenvalue weighted by Crippen LogP contribution is -2.41. The van der Waals surface area contributed by atoms with Crippen molar-refractivity contribution in [3.63, 3.8) is 0 Å². The zero-order valence-electron chi connectivity index (χ0n) is 12.5. The Morgan fingerprint density at radius 2 is 1.90 bits per heavy atom. The average Bonchev–Trinajstić information content (AvgIpc) is 2.45. The zero-order chi connectivity index (χ0) is 15.4. The van der Waals surface area contributed by atoms with Crippen LogP contribution in [0.5, 0.6) is 0 Å². The van der Waals surface area contributed by atoms with Crippen molar-refractivity contribution >= 4 is 22.7 Å². The van der Waals surface area contributed by atoms with Crippen molar-refractivity contribution in [3.8, 4) is 0 Å². The molecule has 110 valence electrons. The van der Waals surface area contributed by atoms with Crippen LogP contribution < -0.4 is 5.32 Å². The highest BCUT2D eigenvalue weighted by Gasteiger charge is 2.16. The molecule has 1 heterocycles. The number of carbonyl (C=O) groups excluding carboxylic acids is 2. The topological polar surface area (TPSA) is 62.3 Å². The van der Waals surface area contributed by atoms with Gasteiger partial charge in [-0.1, -0.05) is 24.3 Å². The number of para-hydroxylation sites is 1. The first-order chi connectivity index (χ1) is 9.97. The van der Waals surface area contributed by atoms with Crippen LogP contribution in [0.2, 0.25) is 0 Å². The van der Waals surface area contributed by atoms with Crippen LogP contribution in [-0.4, -0.2) is 41.3 Å². The maximum absolute atomic E-state index is 12.3. The Labute approximate surface area is 124 Å². The van der Waals surface area contributed by atoms with E-state index in [1.165, 1.54) is 4.90 Å². The third-order valence-electron chi connectivity index (χ3n) is 2.99. The molecule has 0 spiro atoms. The number of nitrogens with zero attached hydrogens (tertiary/aromatic N) is 2. The number of fused-ring (bicyclic) bond motifs is 1. The van der Waals surface area contributed by atoms with E-state index in [1.807, 2.05) is 44.2 Å². The molecule has 0 saturated carbocycles. The second-order valence-corrected chi connectivity index (χ2v) is 5.27. The predicted octanol–water partition coefficient (Wildman–Crippen LogP) is 1.83. The normalized spacial score (nSPS) is 10.7. The average molecular weight is 285 g/mol. The summed E-state index contributed by atoms with van der Waals surface area (Å²) in [6, 6.07) is 11.2. The lowest BCUT2D eigenvalue weighted by atomic mass is 10.2. The van der Waals surface area contributed by atoms with Gasteiger partial charge in [0.2, 0.25) is 5.91 Å². The number of likely N-dealkylation sites (N-methyl/N-ethyl adjacent to an activating group) is 1. The minimum absolute atomic E-state index is 0.0194. The van der Waals surface area contributed by atoms with Crippen LogP contribution in [0.3, 0.4) is 0 Å². The van der Waals surface area contributed by atoms with Gasteiger partial charge in [0.1, 0.15) is 5.69 Å². The quantitative estimate of drug-likeness (QED) is 0.932. The molecule has 0 aliphatic carbocycles. The molecule has 21 heavy (non-hydrogen) atoms. The smallest absolute Gasteiger partial charge is 0.272 e. The molecule has 2 rings (SSSR count). The Hall–Kier alpha value is -2.43. The van der Waals surface area contributed by atoms with E-state index in [0.29, 0.717) is 5.69 Å². The van der Waals surface area contributed by atoms with Gasteiger partial charge in [-0.25, -0.2) is 4.98 Å². The van der Waals surface area contributed by atoms with E-state index < -0.39 is 0 Å². The van der Waals surface area contributed by atoms with Gasteiger partial charge in [-0.05, 0) is 26.0 Å². The molecule has 2 aromatic rings. The SMILES string of the molecule is CC(C)NC(=O)CN(C)C(=O)c1ccc2ccccc2n1. The molecular weight excluding hydrogens is 266 g/mol. The van der Waals surface area contributed by atoms with E-state index in [-0.39, 0.29) is 24.4 Å². The molecule has 5 nitrogen and oxygen atoms in total. The monoisotopic (exact) mass is 285 g/mol. The van der Waals surface area contributed by atoms with Crippen LogP contribution in [0.1, 0.15) is 24.3 Å². The lowest BCUT2D eigenvalue weighted by molar-refractivity contribution is -0.122. The minimum Gasteiger partial charge on any atom is -0.352 e. The molecule has 0 radical (unpaired) electrons. The van der Waals surface area contributed by atoms with Gasteiger partial charge < -0.3 is 10.2 Å². The van der Waals surface area contributed by atoms with Crippen molar-refractivity contribution in [2.45, 2.75) is 19.9 Å². The summed E-state index contributed by atoms with van der Waals surface area (Å²) >= 11 is 0. The van der Waals surface area contributed by atoms with Gasteiger partial charge in [-0.2, -0.15) is 0 Å². The van der Waals surface area contributed by atoms with Crippen molar-refractivity contribution in [2.24, 2.45) is 0 Å². The fourth-order valence-corrected chi connectivity index (χ4v) is 2.04. The maximum atomic E-state index is 12.3. The first-order valence-electron chi connectivity index (χ1n) is 6.88. The van der Waals surface area contributed by atoms with E-state index >= 15 is 0 Å². The summed E-state index contributed by atoms with van der Waals surface area (Å²) in [4.78, 5) is 29.7. The number of nitrogens with one attached hydrogen (secondary N) is 1. The van der Waals surface area contributed by atoms with Crippen LogP contribution in [0.4, 0.5) is 0 Å². The van der Waals surface area contributed by atoms with E-state index in [1.54, 1.807) is 13.1 Å². The van der Waals surface area contributed by atoms with Crippen molar-refractivity contribution in [3.05, 3.63) is 42.1 Å². The molecule has 1 N–H and O–H groups in total. The van der Waals surface area contributed by atoms with Crippen LogP contribution in [0, 0.1) is 0 Å². The molecule has 1 aromatic carbocycles. The zero-order valence-corrected chi connectivity index (χ0v) is 12.5. The molecule has 2 amide bonds. The lowest BCUT2D eigenvalue weighted by Gasteiger charge is -2.17. The summed E-state index contributed by atoms with van der Waals surface area (Å²) < 4.78 is 0. The van der Waals surface area contributed by atoms with E-state index in [9.17, 15) is 9.59 Å². The third kappa shape index (κ3) is 3.78. The maximum Gasteiger partial charge on any atom is 0.272 e. The molecule has 1 aromatic heterocycles. The number of rotatable bonds is 4. The van der Waals surface area contributed by atoms with Gasteiger partial charge in [-0.15, -0.1) is 0 Å². The van der Waals surface area contributed by atoms with Crippen molar-refractivity contribution < 1.29 is 9.59 Å². The Bertz CT molecular complexity index is 667. The summed E-state index contributed by atoms with van der Waals surface area (Å²) in [6.07, 6.45) is 0. The van der Waals surface area contributed by atoms with Gasteiger partial charge in [0, 0.05) is 18.5 Å². The number of benzene rings is 1. The minimum atomic E-state index is -0.264. The molecular formula is C16H19N3O2. The van der Waals surface area contributed by atoms with Crippen LogP contribution in [-0.2, 0) is 4.79 Å². The third-order valence-corrected chi connectivity index (χ3v) is 2.99. The molecule has 0 bridgehead atoms. The summed E-state index contributed by atoms with van der Waals surface area (Å²) in [6.45, 7) is 3.78. The van der Waals surface area contributed by atoms with Gasteiger partial charge >= 0.3 is 0 Å².